The van der Waals surface area contributed by atoms with Crippen molar-refractivity contribution in [2.75, 3.05) is 18.0 Å². The SMILES string of the molecule is C[C@@H]1CN(c2nc(-c3ccc(F)cc3F)c3c(ncn3C)n2)C[C@H](c2cnn(C3CC3)c2)O1. The summed E-state index contributed by atoms with van der Waals surface area (Å²) in [5.41, 5.74) is 2.65. The number of morpholine rings is 1. The molecule has 1 saturated heterocycles. The van der Waals surface area contributed by atoms with E-state index >= 15 is 0 Å². The van der Waals surface area contributed by atoms with Crippen LogP contribution in [0.15, 0.2) is 36.9 Å². The minimum absolute atomic E-state index is 0.0675. The fraction of sp³-hybridized carbons (Fsp3) is 0.391. The Labute approximate surface area is 188 Å². The maximum atomic E-state index is 14.7. The van der Waals surface area contributed by atoms with E-state index in [1.54, 1.807) is 17.9 Å². The van der Waals surface area contributed by atoms with Gasteiger partial charge in [0.1, 0.15) is 28.9 Å². The van der Waals surface area contributed by atoms with Crippen LogP contribution in [-0.4, -0.2) is 48.5 Å². The molecule has 0 bridgehead atoms. The summed E-state index contributed by atoms with van der Waals surface area (Å²) < 4.78 is 38.2. The highest BCUT2D eigenvalue weighted by Crippen LogP contribution is 2.36. The van der Waals surface area contributed by atoms with Gasteiger partial charge in [-0.05, 0) is 31.9 Å². The van der Waals surface area contributed by atoms with Crippen molar-refractivity contribution in [3.05, 3.63) is 54.1 Å². The van der Waals surface area contributed by atoms with Crippen molar-refractivity contribution in [2.45, 2.75) is 38.0 Å². The molecule has 1 aliphatic carbocycles. The van der Waals surface area contributed by atoms with Gasteiger partial charge in [-0.2, -0.15) is 10.1 Å². The van der Waals surface area contributed by atoms with Gasteiger partial charge >= 0.3 is 0 Å². The van der Waals surface area contributed by atoms with Crippen LogP contribution in [0.2, 0.25) is 0 Å². The van der Waals surface area contributed by atoms with Gasteiger partial charge in [0.15, 0.2) is 5.65 Å². The number of rotatable bonds is 4. The van der Waals surface area contributed by atoms with Crippen molar-refractivity contribution in [1.29, 1.82) is 0 Å². The number of imidazole rings is 1. The predicted octanol–water partition coefficient (Wildman–Crippen LogP) is 3.81. The Morgan fingerprint density at radius 3 is 2.76 bits per heavy atom. The first kappa shape index (κ1) is 20.2. The lowest BCUT2D eigenvalue weighted by Gasteiger charge is -2.36. The van der Waals surface area contributed by atoms with Gasteiger partial charge in [0, 0.05) is 37.0 Å². The van der Waals surface area contributed by atoms with Crippen molar-refractivity contribution in [3.8, 4) is 11.3 Å². The summed E-state index contributed by atoms with van der Waals surface area (Å²) in [6.45, 7) is 3.12. The van der Waals surface area contributed by atoms with E-state index < -0.39 is 11.6 Å². The molecule has 0 radical (unpaired) electrons. The fourth-order valence-electron chi connectivity index (χ4n) is 4.41. The molecular formula is C23H23F2N7O. The minimum Gasteiger partial charge on any atom is -0.367 e. The first-order chi connectivity index (χ1) is 16.0. The van der Waals surface area contributed by atoms with E-state index in [9.17, 15) is 8.78 Å². The fourth-order valence-corrected chi connectivity index (χ4v) is 4.41. The second-order valence-electron chi connectivity index (χ2n) is 8.85. The largest absolute Gasteiger partial charge is 0.367 e. The molecule has 2 aliphatic rings. The zero-order valence-electron chi connectivity index (χ0n) is 18.3. The second kappa shape index (κ2) is 7.58. The molecule has 2 fully saturated rings. The summed E-state index contributed by atoms with van der Waals surface area (Å²) in [7, 11) is 1.80. The summed E-state index contributed by atoms with van der Waals surface area (Å²) in [5.74, 6) is -0.874. The van der Waals surface area contributed by atoms with Crippen molar-refractivity contribution in [3.63, 3.8) is 0 Å². The molecule has 3 aromatic heterocycles. The normalized spacial score (nSPS) is 21.2. The van der Waals surface area contributed by atoms with Gasteiger partial charge in [0.05, 0.1) is 31.2 Å². The minimum atomic E-state index is -0.678. The molecule has 1 aliphatic heterocycles. The Kier molecular flexibility index (Phi) is 4.65. The number of hydrogen-bond acceptors (Lipinski definition) is 6. The molecule has 1 aromatic carbocycles. The highest BCUT2D eigenvalue weighted by molar-refractivity contribution is 5.88. The van der Waals surface area contributed by atoms with Crippen molar-refractivity contribution in [1.82, 2.24) is 29.3 Å². The summed E-state index contributed by atoms with van der Waals surface area (Å²) in [4.78, 5) is 15.8. The zero-order valence-corrected chi connectivity index (χ0v) is 18.3. The average molecular weight is 451 g/mol. The van der Waals surface area contributed by atoms with Gasteiger partial charge in [0.2, 0.25) is 5.95 Å². The predicted molar refractivity (Wildman–Crippen MR) is 118 cm³/mol. The quantitative estimate of drug-likeness (QED) is 0.470. The van der Waals surface area contributed by atoms with Crippen molar-refractivity contribution < 1.29 is 13.5 Å². The third kappa shape index (κ3) is 3.64. The lowest BCUT2D eigenvalue weighted by Crippen LogP contribution is -2.43. The van der Waals surface area contributed by atoms with Crippen LogP contribution < -0.4 is 4.90 Å². The lowest BCUT2D eigenvalue weighted by atomic mass is 10.1. The first-order valence-corrected chi connectivity index (χ1v) is 11.0. The van der Waals surface area contributed by atoms with Crippen molar-refractivity contribution in [2.24, 2.45) is 7.05 Å². The highest BCUT2D eigenvalue weighted by Gasteiger charge is 2.32. The molecule has 0 N–H and O–H groups in total. The molecule has 2 atom stereocenters. The maximum Gasteiger partial charge on any atom is 0.228 e. The smallest absolute Gasteiger partial charge is 0.228 e. The topological polar surface area (TPSA) is 73.9 Å². The number of aryl methyl sites for hydroxylation is 1. The number of anilines is 1. The summed E-state index contributed by atoms with van der Waals surface area (Å²) in [5, 5.41) is 4.49. The highest BCUT2D eigenvalue weighted by atomic mass is 19.1. The summed E-state index contributed by atoms with van der Waals surface area (Å²) in [6.07, 6.45) is 7.61. The van der Waals surface area contributed by atoms with Gasteiger partial charge in [-0.3, -0.25) is 4.68 Å². The van der Waals surface area contributed by atoms with Crippen LogP contribution in [0.4, 0.5) is 14.7 Å². The number of hydrogen-bond donors (Lipinski definition) is 0. The van der Waals surface area contributed by atoms with E-state index in [0.717, 1.165) is 24.5 Å². The number of ether oxygens (including phenoxy) is 1. The van der Waals surface area contributed by atoms with E-state index in [-0.39, 0.29) is 17.8 Å². The number of nitrogens with zero attached hydrogens (tertiary/aromatic N) is 7. The van der Waals surface area contributed by atoms with Crippen LogP contribution in [0.5, 0.6) is 0 Å². The maximum absolute atomic E-state index is 14.7. The molecule has 33 heavy (non-hydrogen) atoms. The number of aromatic nitrogens is 6. The van der Waals surface area contributed by atoms with Crippen LogP contribution >= 0.6 is 0 Å². The van der Waals surface area contributed by atoms with Gasteiger partial charge in [-0.25, -0.2) is 18.7 Å². The number of benzene rings is 1. The summed E-state index contributed by atoms with van der Waals surface area (Å²) >= 11 is 0. The molecule has 0 spiro atoms. The molecule has 0 amide bonds. The van der Waals surface area contributed by atoms with E-state index in [4.69, 9.17) is 9.72 Å². The van der Waals surface area contributed by atoms with Crippen LogP contribution in [0.25, 0.3) is 22.4 Å². The van der Waals surface area contributed by atoms with Gasteiger partial charge in [-0.15, -0.1) is 0 Å². The Balaban J connectivity index is 1.40. The van der Waals surface area contributed by atoms with Crippen LogP contribution in [0.3, 0.4) is 0 Å². The first-order valence-electron chi connectivity index (χ1n) is 11.0. The third-order valence-corrected chi connectivity index (χ3v) is 6.20. The molecule has 10 heteroatoms. The van der Waals surface area contributed by atoms with Crippen LogP contribution in [0.1, 0.15) is 37.5 Å². The van der Waals surface area contributed by atoms with Crippen LogP contribution in [0, 0.1) is 11.6 Å². The Morgan fingerprint density at radius 2 is 1.97 bits per heavy atom. The summed E-state index contributed by atoms with van der Waals surface area (Å²) in [6, 6.07) is 4.00. The van der Waals surface area contributed by atoms with Gasteiger partial charge < -0.3 is 14.2 Å². The molecule has 4 heterocycles. The molecule has 6 rings (SSSR count). The van der Waals surface area contributed by atoms with Crippen molar-refractivity contribution >= 4 is 17.1 Å². The standard InChI is InChI=1S/C23H23F2N7O/c1-13-9-31(11-19(33-13)14-8-27-32(10-14)16-4-5-16)23-28-20(17-6-3-15(24)7-18(17)25)21-22(29-23)26-12-30(21)2/h3,6-8,10,12-13,16,19H,4-5,9,11H2,1-2H3/t13-,19-/m1/s1. The monoisotopic (exact) mass is 451 g/mol. The number of fused-ring (bicyclic) bond motifs is 1. The Bertz CT molecular complexity index is 1350. The van der Waals surface area contributed by atoms with E-state index in [1.807, 2.05) is 22.7 Å². The molecular weight excluding hydrogens is 428 g/mol. The Morgan fingerprint density at radius 1 is 1.12 bits per heavy atom. The zero-order chi connectivity index (χ0) is 22.7. The molecule has 8 nitrogen and oxygen atoms in total. The molecule has 1 saturated carbocycles. The Hall–Kier alpha value is -3.40. The molecule has 4 aromatic rings. The van der Waals surface area contributed by atoms with Gasteiger partial charge in [0.25, 0.3) is 0 Å². The lowest BCUT2D eigenvalue weighted by molar-refractivity contribution is -0.0178. The van der Waals surface area contributed by atoms with E-state index in [2.05, 4.69) is 21.3 Å². The van der Waals surface area contributed by atoms with E-state index in [0.29, 0.717) is 41.9 Å². The van der Waals surface area contributed by atoms with Gasteiger partial charge in [-0.1, -0.05) is 0 Å². The average Bonchev–Trinajstić information content (AvgIpc) is 3.40. The second-order valence-corrected chi connectivity index (χ2v) is 8.85. The van der Waals surface area contributed by atoms with Crippen LogP contribution in [-0.2, 0) is 11.8 Å². The van der Waals surface area contributed by atoms with E-state index in [1.165, 1.54) is 12.1 Å². The molecule has 0 unspecified atom stereocenters. The number of halogens is 2. The third-order valence-electron chi connectivity index (χ3n) is 6.20. The molecule has 170 valence electrons.